The minimum atomic E-state index is -0.0991. The van der Waals surface area contributed by atoms with E-state index < -0.39 is 0 Å². The molecule has 0 spiro atoms. The zero-order valence-corrected chi connectivity index (χ0v) is 17.6. The smallest absolute Gasteiger partial charge is 0.192 e. The Balaban J connectivity index is 1.92. The molecule has 0 bridgehead atoms. The molecule has 0 aliphatic rings. The van der Waals surface area contributed by atoms with Gasteiger partial charge in [0, 0.05) is 29.0 Å². The Kier molecular flexibility index (Phi) is 4.75. The summed E-state index contributed by atoms with van der Waals surface area (Å²) in [6.45, 7) is 8.45. The number of nitrogens with one attached hydrogen (secondary N) is 1. The highest BCUT2D eigenvalue weighted by Crippen LogP contribution is 2.35. The number of nitrogens with zero attached hydrogens (tertiary/aromatic N) is 2. The third kappa shape index (κ3) is 3.56. The summed E-state index contributed by atoms with van der Waals surface area (Å²) >= 11 is 6.59. The van der Waals surface area contributed by atoms with E-state index in [1.807, 2.05) is 37.3 Å². The van der Waals surface area contributed by atoms with Gasteiger partial charge >= 0.3 is 0 Å². The van der Waals surface area contributed by atoms with Crippen LogP contribution in [0.3, 0.4) is 0 Å². The SMILES string of the molecule is Cc1cc(C(C)(C)C)c(Cl)cc1-c1cc(=O)c2c(-c3ccccn3)nccc2[nH]1. The number of benzene rings is 1. The fourth-order valence-corrected chi connectivity index (χ4v) is 4.04. The van der Waals surface area contributed by atoms with Crippen molar-refractivity contribution < 1.29 is 0 Å². The first-order chi connectivity index (χ1) is 13.8. The summed E-state index contributed by atoms with van der Waals surface area (Å²) in [5.41, 5.74) is 5.62. The Bertz CT molecular complexity index is 1270. The number of H-pyrrole nitrogens is 1. The molecular weight excluding hydrogens is 382 g/mol. The van der Waals surface area contributed by atoms with Crippen molar-refractivity contribution >= 4 is 22.5 Å². The molecule has 1 N–H and O–H groups in total. The molecule has 3 heterocycles. The Morgan fingerprint density at radius 1 is 1.00 bits per heavy atom. The van der Waals surface area contributed by atoms with Crippen LogP contribution in [0.1, 0.15) is 31.9 Å². The lowest BCUT2D eigenvalue weighted by Gasteiger charge is -2.22. The largest absolute Gasteiger partial charge is 0.354 e. The molecule has 0 fully saturated rings. The summed E-state index contributed by atoms with van der Waals surface area (Å²) in [6, 6.07) is 13.0. The molecule has 0 atom stereocenters. The van der Waals surface area contributed by atoms with Gasteiger partial charge in [-0.2, -0.15) is 0 Å². The van der Waals surface area contributed by atoms with Gasteiger partial charge in [-0.3, -0.25) is 14.8 Å². The van der Waals surface area contributed by atoms with Crippen LogP contribution < -0.4 is 5.43 Å². The van der Waals surface area contributed by atoms with Gasteiger partial charge in [0.15, 0.2) is 5.43 Å². The van der Waals surface area contributed by atoms with Crippen LogP contribution in [0.15, 0.2) is 59.7 Å². The van der Waals surface area contributed by atoms with E-state index in [1.54, 1.807) is 18.5 Å². The van der Waals surface area contributed by atoms with Gasteiger partial charge in [0.1, 0.15) is 5.69 Å². The maximum absolute atomic E-state index is 13.1. The van der Waals surface area contributed by atoms with E-state index in [0.717, 1.165) is 27.9 Å². The monoisotopic (exact) mass is 403 g/mol. The zero-order chi connectivity index (χ0) is 20.8. The molecule has 4 nitrogen and oxygen atoms in total. The zero-order valence-electron chi connectivity index (χ0n) is 16.9. The second kappa shape index (κ2) is 7.12. The van der Waals surface area contributed by atoms with Crippen LogP contribution in [-0.4, -0.2) is 15.0 Å². The number of hydrogen-bond donors (Lipinski definition) is 1. The number of aryl methyl sites for hydroxylation is 1. The lowest BCUT2D eigenvalue weighted by atomic mass is 9.85. The van der Waals surface area contributed by atoms with Crippen molar-refractivity contribution in [2.24, 2.45) is 0 Å². The molecule has 146 valence electrons. The highest BCUT2D eigenvalue weighted by molar-refractivity contribution is 6.31. The Morgan fingerprint density at radius 3 is 2.48 bits per heavy atom. The van der Waals surface area contributed by atoms with E-state index in [-0.39, 0.29) is 10.8 Å². The van der Waals surface area contributed by atoms with Crippen LogP contribution in [0.4, 0.5) is 0 Å². The number of rotatable bonds is 2. The summed E-state index contributed by atoms with van der Waals surface area (Å²) in [5.74, 6) is 0. The molecule has 0 aliphatic carbocycles. The highest BCUT2D eigenvalue weighted by Gasteiger charge is 2.20. The average Bonchev–Trinajstić information content (AvgIpc) is 2.68. The molecule has 4 aromatic rings. The number of halogens is 1. The molecular formula is C24H22ClN3O. The first-order valence-electron chi connectivity index (χ1n) is 9.50. The Morgan fingerprint density at radius 2 is 1.79 bits per heavy atom. The quantitative estimate of drug-likeness (QED) is 0.452. The van der Waals surface area contributed by atoms with Crippen LogP contribution in [0, 0.1) is 6.92 Å². The predicted molar refractivity (Wildman–Crippen MR) is 119 cm³/mol. The molecule has 0 aliphatic heterocycles. The third-order valence-electron chi connectivity index (χ3n) is 5.06. The number of pyridine rings is 3. The highest BCUT2D eigenvalue weighted by atomic mass is 35.5. The van der Waals surface area contributed by atoms with E-state index in [2.05, 4.69) is 41.8 Å². The fraction of sp³-hybridized carbons (Fsp3) is 0.208. The lowest BCUT2D eigenvalue weighted by molar-refractivity contribution is 0.590. The van der Waals surface area contributed by atoms with E-state index in [9.17, 15) is 4.79 Å². The third-order valence-corrected chi connectivity index (χ3v) is 5.37. The molecule has 29 heavy (non-hydrogen) atoms. The normalized spacial score (nSPS) is 11.8. The minimum absolute atomic E-state index is 0.0551. The van der Waals surface area contributed by atoms with Crippen LogP contribution in [0.2, 0.25) is 5.02 Å². The maximum Gasteiger partial charge on any atom is 0.192 e. The van der Waals surface area contributed by atoms with Crippen molar-refractivity contribution in [2.45, 2.75) is 33.1 Å². The van der Waals surface area contributed by atoms with Gasteiger partial charge in [-0.15, -0.1) is 0 Å². The Labute approximate surface area is 174 Å². The number of fused-ring (bicyclic) bond motifs is 1. The average molecular weight is 404 g/mol. The summed E-state index contributed by atoms with van der Waals surface area (Å²) in [5, 5.41) is 1.23. The Hall–Kier alpha value is -2.98. The summed E-state index contributed by atoms with van der Waals surface area (Å²) in [7, 11) is 0. The van der Waals surface area contributed by atoms with Gasteiger partial charge in [0.25, 0.3) is 0 Å². The molecule has 0 unspecified atom stereocenters. The summed E-state index contributed by atoms with van der Waals surface area (Å²) in [6.07, 6.45) is 3.38. The first kappa shape index (κ1) is 19.3. The van der Waals surface area contributed by atoms with Crippen molar-refractivity contribution in [1.82, 2.24) is 15.0 Å². The number of aromatic amines is 1. The van der Waals surface area contributed by atoms with Gasteiger partial charge in [-0.25, -0.2) is 0 Å². The lowest BCUT2D eigenvalue weighted by Crippen LogP contribution is -2.12. The standard InChI is InChI=1S/C24H22ClN3O/c1-14-11-16(24(2,3)4)17(25)12-15(14)20-13-21(29)22-18(28-20)8-10-27-23(22)19-7-5-6-9-26-19/h5-13H,1-4H3,(H,28,29). The van der Waals surface area contributed by atoms with Gasteiger partial charge < -0.3 is 4.98 Å². The minimum Gasteiger partial charge on any atom is -0.354 e. The number of hydrogen-bond acceptors (Lipinski definition) is 3. The fourth-order valence-electron chi connectivity index (χ4n) is 3.59. The second-order valence-corrected chi connectivity index (χ2v) is 8.65. The van der Waals surface area contributed by atoms with E-state index in [1.165, 1.54) is 0 Å². The summed E-state index contributed by atoms with van der Waals surface area (Å²) < 4.78 is 0. The molecule has 3 aromatic heterocycles. The molecule has 0 saturated heterocycles. The van der Waals surface area contributed by atoms with E-state index in [0.29, 0.717) is 21.8 Å². The molecule has 0 saturated carbocycles. The van der Waals surface area contributed by atoms with Crippen LogP contribution in [0.5, 0.6) is 0 Å². The topological polar surface area (TPSA) is 58.6 Å². The van der Waals surface area contributed by atoms with Gasteiger partial charge in [-0.05, 0) is 47.7 Å². The van der Waals surface area contributed by atoms with Crippen molar-refractivity contribution in [3.63, 3.8) is 0 Å². The van der Waals surface area contributed by atoms with Crippen LogP contribution in [0.25, 0.3) is 33.5 Å². The van der Waals surface area contributed by atoms with Crippen LogP contribution >= 0.6 is 11.6 Å². The number of aromatic nitrogens is 3. The first-order valence-corrected chi connectivity index (χ1v) is 9.88. The predicted octanol–water partition coefficient (Wildman–Crippen LogP) is 5.91. The second-order valence-electron chi connectivity index (χ2n) is 8.24. The molecule has 5 heteroatoms. The maximum atomic E-state index is 13.1. The van der Waals surface area contributed by atoms with Crippen molar-refractivity contribution in [3.05, 3.63) is 81.2 Å². The van der Waals surface area contributed by atoms with E-state index in [4.69, 9.17) is 11.6 Å². The van der Waals surface area contributed by atoms with Crippen molar-refractivity contribution in [1.29, 1.82) is 0 Å². The van der Waals surface area contributed by atoms with E-state index >= 15 is 0 Å². The van der Waals surface area contributed by atoms with Gasteiger partial charge in [-0.1, -0.05) is 44.5 Å². The molecule has 0 amide bonds. The van der Waals surface area contributed by atoms with Gasteiger partial charge in [0.05, 0.1) is 22.3 Å². The molecule has 1 aromatic carbocycles. The van der Waals surface area contributed by atoms with Crippen LogP contribution in [-0.2, 0) is 5.41 Å². The molecule has 4 rings (SSSR count). The van der Waals surface area contributed by atoms with Crippen molar-refractivity contribution in [2.75, 3.05) is 0 Å². The van der Waals surface area contributed by atoms with Crippen molar-refractivity contribution in [3.8, 4) is 22.6 Å². The van der Waals surface area contributed by atoms with Gasteiger partial charge in [0.2, 0.25) is 0 Å². The molecule has 0 radical (unpaired) electrons. The summed E-state index contributed by atoms with van der Waals surface area (Å²) in [4.78, 5) is 25.2.